The monoisotopic (exact) mass is 300 g/mol. The summed E-state index contributed by atoms with van der Waals surface area (Å²) in [5, 5.41) is 9.43. The molecule has 0 aromatic heterocycles. The maximum absolute atomic E-state index is 5.13. The molecule has 0 amide bonds. The Kier molecular flexibility index (Phi) is 7.31. The van der Waals surface area contributed by atoms with Gasteiger partial charge in [0.1, 0.15) is 10.8 Å². The zero-order chi connectivity index (χ0) is 13.4. The molecule has 0 saturated carbocycles. The molecule has 0 unspecified atom stereocenters. The summed E-state index contributed by atoms with van der Waals surface area (Å²) in [6, 6.07) is 7.83. The highest BCUT2D eigenvalue weighted by Gasteiger charge is 2.03. The zero-order valence-electron chi connectivity index (χ0n) is 10.8. The van der Waals surface area contributed by atoms with E-state index in [0.29, 0.717) is 0 Å². The Labute approximate surface area is 121 Å². The van der Waals surface area contributed by atoms with Crippen molar-refractivity contribution < 1.29 is 4.74 Å². The molecule has 0 fully saturated rings. The van der Waals surface area contributed by atoms with E-state index in [9.17, 15) is 0 Å². The third-order valence-corrected chi connectivity index (χ3v) is 4.67. The van der Waals surface area contributed by atoms with E-state index >= 15 is 0 Å². The van der Waals surface area contributed by atoms with E-state index in [-0.39, 0.29) is 0 Å². The topological polar surface area (TPSA) is 34.0 Å². The number of ether oxygens (including phenoxy) is 1. The molecule has 0 aliphatic heterocycles. The van der Waals surface area contributed by atoms with Crippen LogP contribution in [0.3, 0.4) is 0 Å². The first-order valence-electron chi connectivity index (χ1n) is 5.17. The minimum Gasteiger partial charge on any atom is -0.497 e. The average molecular weight is 300 g/mol. The highest BCUT2D eigenvalue weighted by Crippen LogP contribution is 2.17. The molecule has 0 heterocycles. The van der Waals surface area contributed by atoms with Gasteiger partial charge in [-0.2, -0.15) is 0 Å². The van der Waals surface area contributed by atoms with Crippen molar-refractivity contribution in [3.8, 4) is 5.75 Å². The molecule has 0 saturated heterocycles. The molecule has 0 radical (unpaired) electrons. The highest BCUT2D eigenvalue weighted by molar-refractivity contribution is 8.38. The first-order valence-corrected chi connectivity index (χ1v) is 8.84. The molecule has 6 heteroatoms. The third kappa shape index (κ3) is 4.59. The van der Waals surface area contributed by atoms with Crippen molar-refractivity contribution in [3.63, 3.8) is 0 Å². The fourth-order valence-electron chi connectivity index (χ4n) is 1.20. The van der Waals surface area contributed by atoms with Crippen molar-refractivity contribution >= 4 is 44.7 Å². The summed E-state index contributed by atoms with van der Waals surface area (Å²) in [4.78, 5) is 0. The second kappa shape index (κ2) is 8.50. The van der Waals surface area contributed by atoms with E-state index in [4.69, 9.17) is 4.74 Å². The molecule has 0 aliphatic rings. The van der Waals surface area contributed by atoms with Crippen LogP contribution in [0.5, 0.6) is 5.75 Å². The van der Waals surface area contributed by atoms with Crippen molar-refractivity contribution in [2.45, 2.75) is 0 Å². The van der Waals surface area contributed by atoms with E-state index in [0.717, 1.165) is 20.7 Å². The highest BCUT2D eigenvalue weighted by atomic mass is 32.2. The van der Waals surface area contributed by atoms with Crippen LogP contribution in [0, 0.1) is 0 Å². The summed E-state index contributed by atoms with van der Waals surface area (Å²) in [6.07, 6.45) is 5.99. The number of rotatable bonds is 3. The van der Waals surface area contributed by atoms with E-state index in [2.05, 4.69) is 10.2 Å². The van der Waals surface area contributed by atoms with Gasteiger partial charge in [0.2, 0.25) is 0 Å². The first-order chi connectivity index (χ1) is 8.74. The molecule has 0 bridgehead atoms. The second-order valence-electron chi connectivity index (χ2n) is 3.11. The average Bonchev–Trinajstić information content (AvgIpc) is 2.44. The lowest BCUT2D eigenvalue weighted by atomic mass is 10.2. The Balaban J connectivity index is 2.94. The fourth-order valence-corrected chi connectivity index (χ4v) is 2.61. The van der Waals surface area contributed by atoms with Gasteiger partial charge < -0.3 is 4.74 Å². The fraction of sp³-hybridized carbons (Fsp3) is 0.333. The summed E-state index contributed by atoms with van der Waals surface area (Å²) in [7, 11) is 1.66. The van der Waals surface area contributed by atoms with Crippen molar-refractivity contribution in [2.24, 2.45) is 10.2 Å². The van der Waals surface area contributed by atoms with Crippen LogP contribution in [0.25, 0.3) is 0 Å². The number of thioether (sulfide) groups is 3. The van der Waals surface area contributed by atoms with E-state index in [1.54, 1.807) is 42.4 Å². The molecule has 1 aromatic rings. The molecular weight excluding hydrogens is 284 g/mol. The molecule has 0 aliphatic carbocycles. The molecule has 0 atom stereocenters. The summed E-state index contributed by atoms with van der Waals surface area (Å²) >= 11 is 4.78. The molecule has 3 nitrogen and oxygen atoms in total. The largest absolute Gasteiger partial charge is 0.497 e. The summed E-state index contributed by atoms with van der Waals surface area (Å²) in [5.41, 5.74) is 1.05. The van der Waals surface area contributed by atoms with Gasteiger partial charge in [-0.25, -0.2) is 0 Å². The van der Waals surface area contributed by atoms with Gasteiger partial charge in [-0.1, -0.05) is 0 Å². The summed E-state index contributed by atoms with van der Waals surface area (Å²) in [6.45, 7) is 0. The predicted octanol–water partition coefficient (Wildman–Crippen LogP) is 3.80. The Morgan fingerprint density at radius 2 is 1.56 bits per heavy atom. The minimum atomic E-state index is 0.844. The van der Waals surface area contributed by atoms with Crippen LogP contribution in [0.4, 0.5) is 0 Å². The van der Waals surface area contributed by atoms with Crippen molar-refractivity contribution in [1.29, 1.82) is 0 Å². The minimum absolute atomic E-state index is 0.844. The van der Waals surface area contributed by atoms with Gasteiger partial charge in [-0.05, 0) is 43.0 Å². The lowest BCUT2D eigenvalue weighted by Crippen LogP contribution is -1.95. The van der Waals surface area contributed by atoms with Crippen molar-refractivity contribution in [2.75, 3.05) is 25.9 Å². The normalized spacial score (nSPS) is 11.2. The number of methoxy groups -OCH3 is 1. The molecular formula is C12H16N2OS3. The van der Waals surface area contributed by atoms with E-state index in [1.807, 2.05) is 43.0 Å². The maximum atomic E-state index is 5.13. The van der Waals surface area contributed by atoms with Gasteiger partial charge in [0.05, 0.1) is 7.11 Å². The molecule has 0 N–H and O–H groups in total. The standard InChI is InChI=1S/C12H16N2OS3/c1-15-10-7-5-9(6-8-10)11(16-2)13-14-12(17-3)18-4/h5-8H,1-4H3/b13-11-. The summed E-state index contributed by atoms with van der Waals surface area (Å²) < 4.78 is 6.09. The van der Waals surface area contributed by atoms with E-state index in [1.165, 1.54) is 0 Å². The Bertz CT molecular complexity index is 423. The van der Waals surface area contributed by atoms with Crippen LogP contribution in [0.15, 0.2) is 34.5 Å². The van der Waals surface area contributed by atoms with Crippen LogP contribution >= 0.6 is 35.3 Å². The van der Waals surface area contributed by atoms with Gasteiger partial charge in [-0.3, -0.25) is 0 Å². The Morgan fingerprint density at radius 1 is 0.944 bits per heavy atom. The Hall–Kier alpha value is -0.590. The van der Waals surface area contributed by atoms with Crippen LogP contribution in [-0.4, -0.2) is 35.3 Å². The van der Waals surface area contributed by atoms with Crippen LogP contribution in [0.2, 0.25) is 0 Å². The van der Waals surface area contributed by atoms with Gasteiger partial charge in [0.15, 0.2) is 4.38 Å². The smallest absolute Gasteiger partial charge is 0.152 e. The first kappa shape index (κ1) is 15.5. The number of hydrogen-bond acceptors (Lipinski definition) is 6. The van der Waals surface area contributed by atoms with Crippen LogP contribution in [-0.2, 0) is 0 Å². The number of nitrogens with zero attached hydrogens (tertiary/aromatic N) is 2. The maximum Gasteiger partial charge on any atom is 0.152 e. The quantitative estimate of drug-likeness (QED) is 0.483. The number of benzene rings is 1. The molecule has 1 aromatic carbocycles. The van der Waals surface area contributed by atoms with Crippen molar-refractivity contribution in [3.05, 3.63) is 29.8 Å². The Morgan fingerprint density at radius 3 is 2.00 bits per heavy atom. The SMILES string of the molecule is COc1ccc(/C(=N/N=C(SC)SC)SC)cc1. The van der Waals surface area contributed by atoms with Gasteiger partial charge in [-0.15, -0.1) is 45.5 Å². The molecule has 0 spiro atoms. The van der Waals surface area contributed by atoms with Crippen molar-refractivity contribution in [1.82, 2.24) is 0 Å². The summed E-state index contributed by atoms with van der Waals surface area (Å²) in [5.74, 6) is 0.844. The van der Waals surface area contributed by atoms with Gasteiger partial charge in [0, 0.05) is 5.56 Å². The van der Waals surface area contributed by atoms with Gasteiger partial charge >= 0.3 is 0 Å². The molecule has 98 valence electrons. The lowest BCUT2D eigenvalue weighted by molar-refractivity contribution is 0.415. The predicted molar refractivity (Wildman–Crippen MR) is 87.5 cm³/mol. The molecule has 1 rings (SSSR count). The number of hydrogen-bond donors (Lipinski definition) is 0. The molecule has 18 heavy (non-hydrogen) atoms. The zero-order valence-corrected chi connectivity index (χ0v) is 13.3. The van der Waals surface area contributed by atoms with E-state index < -0.39 is 0 Å². The lowest BCUT2D eigenvalue weighted by Gasteiger charge is -2.03. The van der Waals surface area contributed by atoms with Crippen LogP contribution < -0.4 is 4.74 Å². The second-order valence-corrected chi connectivity index (χ2v) is 5.76. The van der Waals surface area contributed by atoms with Crippen LogP contribution in [0.1, 0.15) is 5.56 Å². The third-order valence-electron chi connectivity index (χ3n) is 2.10. The van der Waals surface area contributed by atoms with Gasteiger partial charge in [0.25, 0.3) is 0 Å².